The Bertz CT molecular complexity index is 1370. The number of carbonyl (C=O) groups is 1. The first kappa shape index (κ1) is 46.7. The van der Waals surface area contributed by atoms with E-state index in [-0.39, 0.29) is 5.02 Å². The van der Waals surface area contributed by atoms with Crippen LogP contribution in [0.2, 0.25) is 5.02 Å². The van der Waals surface area contributed by atoms with Crippen molar-refractivity contribution in [3.05, 3.63) is 64.5 Å². The van der Waals surface area contributed by atoms with Gasteiger partial charge in [0.05, 0.1) is 22.5 Å². The Balaban J connectivity index is 0.000000229. The van der Waals surface area contributed by atoms with Crippen LogP contribution in [0.25, 0.3) is 0 Å². The molecule has 1 aromatic carbocycles. The van der Waals surface area contributed by atoms with Gasteiger partial charge in [0.2, 0.25) is 6.41 Å². The highest BCUT2D eigenvalue weighted by atomic mass is 35.5. The van der Waals surface area contributed by atoms with Crippen LogP contribution in [0, 0.1) is 6.92 Å². The number of ether oxygens (including phenoxy) is 1. The minimum atomic E-state index is -4.44. The van der Waals surface area contributed by atoms with E-state index in [0.717, 1.165) is 57.1 Å². The molecule has 1 aliphatic carbocycles. The third-order valence-corrected chi connectivity index (χ3v) is 11.4. The van der Waals surface area contributed by atoms with Gasteiger partial charge >= 0.3 is 6.18 Å². The molecule has 312 valence electrons. The second-order valence-corrected chi connectivity index (χ2v) is 15.6. The number of alkyl halides is 3. The highest BCUT2D eigenvalue weighted by Crippen LogP contribution is 2.37. The average molecular weight is 799 g/mol. The number of benzene rings is 1. The molecule has 3 fully saturated rings. The summed E-state index contributed by atoms with van der Waals surface area (Å²) < 4.78 is 41.8. The number of hydrazine groups is 1. The van der Waals surface area contributed by atoms with Crippen LogP contribution in [0.4, 0.5) is 18.9 Å². The molecule has 0 radical (unpaired) electrons. The second kappa shape index (κ2) is 23.5. The summed E-state index contributed by atoms with van der Waals surface area (Å²) in [6, 6.07) is 5.08. The number of likely N-dealkylation sites (tertiary alicyclic amines) is 1. The van der Waals surface area contributed by atoms with Gasteiger partial charge in [0, 0.05) is 62.6 Å². The fraction of sp³-hybridized carbons (Fsp3) is 0.675. The Labute approximate surface area is 332 Å². The predicted molar refractivity (Wildman–Crippen MR) is 216 cm³/mol. The van der Waals surface area contributed by atoms with Crippen molar-refractivity contribution in [2.45, 2.75) is 96.1 Å². The Morgan fingerprint density at radius 2 is 1.65 bits per heavy atom. The zero-order chi connectivity index (χ0) is 40.5. The molecule has 0 saturated carbocycles. The van der Waals surface area contributed by atoms with Gasteiger partial charge in [-0.2, -0.15) is 13.2 Å². The van der Waals surface area contributed by atoms with Gasteiger partial charge in [-0.3, -0.25) is 19.4 Å². The lowest BCUT2D eigenvalue weighted by molar-refractivity contribution is -0.137. The highest BCUT2D eigenvalue weighted by Gasteiger charge is 2.34. The minimum absolute atomic E-state index is 0.0627. The quantitative estimate of drug-likeness (QED) is 0.0717. The van der Waals surface area contributed by atoms with Crippen molar-refractivity contribution in [2.24, 2.45) is 0 Å². The van der Waals surface area contributed by atoms with E-state index in [4.69, 9.17) is 26.9 Å². The number of nitrogens with zero attached hydrogens (tertiary/aromatic N) is 5. The number of allylic oxidation sites excluding steroid dienone is 3. The van der Waals surface area contributed by atoms with Crippen molar-refractivity contribution >= 4 is 23.7 Å². The lowest BCUT2D eigenvalue weighted by atomic mass is 9.99. The molecule has 4 N–H and O–H groups in total. The van der Waals surface area contributed by atoms with E-state index in [1.54, 1.807) is 0 Å². The van der Waals surface area contributed by atoms with Crippen LogP contribution in [-0.4, -0.2) is 135 Å². The number of halogens is 4. The van der Waals surface area contributed by atoms with Gasteiger partial charge in [0.1, 0.15) is 13.2 Å². The summed E-state index contributed by atoms with van der Waals surface area (Å²) in [5, 5.41) is 4.93. The summed E-state index contributed by atoms with van der Waals surface area (Å²) in [5.41, 5.74) is 9.66. The lowest BCUT2D eigenvalue weighted by Crippen LogP contribution is -2.59. The van der Waals surface area contributed by atoms with Crippen LogP contribution >= 0.6 is 11.6 Å². The number of piperidine rings is 2. The molecule has 3 saturated heterocycles. The van der Waals surface area contributed by atoms with E-state index < -0.39 is 17.4 Å². The normalized spacial score (nSPS) is 22.5. The molecule has 3 aliphatic heterocycles. The van der Waals surface area contributed by atoms with E-state index in [1.165, 1.54) is 76.7 Å². The van der Waals surface area contributed by atoms with Crippen LogP contribution in [0.5, 0.6) is 0 Å². The highest BCUT2D eigenvalue weighted by molar-refractivity contribution is 6.33. The van der Waals surface area contributed by atoms with Crippen molar-refractivity contribution < 1.29 is 27.5 Å². The summed E-state index contributed by atoms with van der Waals surface area (Å²) >= 11 is 5.50. The third-order valence-electron chi connectivity index (χ3n) is 11.1. The van der Waals surface area contributed by atoms with E-state index >= 15 is 0 Å². The van der Waals surface area contributed by atoms with Gasteiger partial charge in [-0.25, -0.2) is 5.01 Å². The minimum Gasteiger partial charge on any atom is -0.499 e. The van der Waals surface area contributed by atoms with Gasteiger partial charge in [-0.05, 0) is 123 Å². The number of aryl methyl sites for hydroxylation is 1. The van der Waals surface area contributed by atoms with Crippen LogP contribution in [-0.2, 0) is 20.5 Å². The molecule has 2 unspecified atom stereocenters. The van der Waals surface area contributed by atoms with E-state index in [0.29, 0.717) is 42.9 Å². The number of nitrogens with two attached hydrogens (primary N) is 1. The molecule has 0 aromatic heterocycles. The molecule has 0 spiro atoms. The molecule has 4 aliphatic rings. The maximum atomic E-state index is 12.3. The Kier molecular flexibility index (Phi) is 20.0. The zero-order valence-electron chi connectivity index (χ0n) is 33.8. The molecule has 5 rings (SSSR count). The molecule has 55 heavy (non-hydrogen) atoms. The fourth-order valence-corrected chi connectivity index (χ4v) is 7.73. The van der Waals surface area contributed by atoms with E-state index in [9.17, 15) is 18.0 Å². The molecule has 3 heterocycles. The molecule has 0 bridgehead atoms. The standard InChI is InChI=1S/C16H32N4O2.C16H27N3O.C8H7ClF3N/c1-5-21-10-11-22-17-20-8-6-16(7-9-20)19-12-14(2)18(4)15(3)13-19;1-18-10-8-15(9-11-18)19(2)12-7-14-5-3-4-6-16(14)17-13-20;1-4-2-5(8(10,11)12)7(13)6(9)3-4/h5,14-17H,1,6-13H2,2-4H3;5-6,13,15H,3-4,7-12H2,1-2H3,(H,17,20);2-3H,13H2,1H3. The predicted octanol–water partition coefficient (Wildman–Crippen LogP) is 6.07. The van der Waals surface area contributed by atoms with Crippen LogP contribution in [0.15, 0.2) is 48.4 Å². The first-order valence-corrected chi connectivity index (χ1v) is 19.9. The van der Waals surface area contributed by atoms with E-state index in [1.807, 2.05) is 0 Å². The number of likely N-dealkylation sites (N-methyl/N-ethyl adjacent to an activating group) is 1. The van der Waals surface area contributed by atoms with Crippen molar-refractivity contribution in [3.63, 3.8) is 0 Å². The number of nitrogens with one attached hydrogen (secondary N) is 2. The number of nitrogen functional groups attached to an aromatic ring is 1. The Morgan fingerprint density at radius 1 is 1.02 bits per heavy atom. The molecule has 1 aromatic rings. The average Bonchev–Trinajstić information content (AvgIpc) is 3.15. The van der Waals surface area contributed by atoms with Gasteiger partial charge in [-0.1, -0.05) is 30.3 Å². The Hall–Kier alpha value is -2.69. The van der Waals surface area contributed by atoms with Crippen LogP contribution in [0.1, 0.15) is 69.9 Å². The van der Waals surface area contributed by atoms with Gasteiger partial charge in [0.25, 0.3) is 0 Å². The van der Waals surface area contributed by atoms with Crippen molar-refractivity contribution in [3.8, 4) is 0 Å². The fourth-order valence-electron chi connectivity index (χ4n) is 7.46. The van der Waals surface area contributed by atoms with Gasteiger partial charge in [-0.15, -0.1) is 5.59 Å². The summed E-state index contributed by atoms with van der Waals surface area (Å²) in [6.07, 6.45) is 10.3. The maximum absolute atomic E-state index is 12.3. The van der Waals surface area contributed by atoms with Gasteiger partial charge < -0.3 is 25.6 Å². The summed E-state index contributed by atoms with van der Waals surface area (Å²) in [7, 11) is 6.67. The molecule has 11 nitrogen and oxygen atoms in total. The molecular formula is C40H66ClF3N8O3. The van der Waals surface area contributed by atoms with Gasteiger partial charge in [0.15, 0.2) is 0 Å². The topological polar surface area (TPSA) is 102 Å². The second-order valence-electron chi connectivity index (χ2n) is 15.2. The monoisotopic (exact) mass is 798 g/mol. The SMILES string of the molecule is C=COCCONN1CCC(N2CC(C)N(C)C(C)C2)CC1.CN1CCC(N(C)CCC2=CCCC=C2NC=O)CC1.Cc1cc(Cl)c(N)c(C(F)(F)F)c1. The molecule has 2 atom stereocenters. The summed E-state index contributed by atoms with van der Waals surface area (Å²) in [6.45, 7) is 18.7. The maximum Gasteiger partial charge on any atom is 0.418 e. The number of anilines is 1. The number of carbonyl (C=O) groups excluding carboxylic acids is 1. The molecule has 1 amide bonds. The number of amides is 1. The zero-order valence-corrected chi connectivity index (χ0v) is 34.6. The smallest absolute Gasteiger partial charge is 0.418 e. The number of hydrogen-bond donors (Lipinski definition) is 3. The van der Waals surface area contributed by atoms with Crippen LogP contribution < -0.4 is 16.6 Å². The Morgan fingerprint density at radius 3 is 2.25 bits per heavy atom. The first-order chi connectivity index (χ1) is 26.1. The van der Waals surface area contributed by atoms with Crippen molar-refractivity contribution in [2.75, 3.05) is 85.9 Å². The van der Waals surface area contributed by atoms with Crippen molar-refractivity contribution in [1.82, 2.24) is 35.5 Å². The third kappa shape index (κ3) is 15.6. The molecular weight excluding hydrogens is 733 g/mol. The lowest BCUT2D eigenvalue weighted by Gasteiger charge is -2.47. The number of piperazine rings is 1. The first-order valence-electron chi connectivity index (χ1n) is 19.6. The van der Waals surface area contributed by atoms with E-state index in [2.05, 4.69) is 89.2 Å². The van der Waals surface area contributed by atoms with Crippen LogP contribution in [0.3, 0.4) is 0 Å². The summed E-state index contributed by atoms with van der Waals surface area (Å²) in [4.78, 5) is 26.1. The summed E-state index contributed by atoms with van der Waals surface area (Å²) in [5.74, 6) is 0. The number of rotatable bonds is 13. The number of hydrogen-bond acceptors (Lipinski definition) is 10. The molecule has 15 heteroatoms. The van der Waals surface area contributed by atoms with Crippen molar-refractivity contribution in [1.29, 1.82) is 0 Å². The largest absolute Gasteiger partial charge is 0.499 e.